The Morgan fingerprint density at radius 1 is 1.44 bits per heavy atom. The Hall–Kier alpha value is -2.25. The lowest BCUT2D eigenvalue weighted by atomic mass is 9.87. The molecule has 0 unspecified atom stereocenters. The van der Waals surface area contributed by atoms with E-state index in [4.69, 9.17) is 11.6 Å². The van der Waals surface area contributed by atoms with E-state index < -0.39 is 5.91 Å². The first-order chi connectivity index (χ1) is 11.7. The lowest BCUT2D eigenvalue weighted by molar-refractivity contribution is -0.116. The maximum Gasteiger partial charge on any atom is 0.261 e. The quantitative estimate of drug-likeness (QED) is 0.641. The van der Waals surface area contributed by atoms with Crippen LogP contribution in [0.2, 0.25) is 5.02 Å². The minimum absolute atomic E-state index is 0.0348. The van der Waals surface area contributed by atoms with Crippen molar-refractivity contribution in [1.82, 2.24) is 5.32 Å². The number of hydrogen-bond acceptors (Lipinski definition) is 3. The molecule has 1 aromatic carbocycles. The molecule has 132 valence electrons. The summed E-state index contributed by atoms with van der Waals surface area (Å²) in [6, 6.07) is 5.83. The fourth-order valence-corrected chi connectivity index (χ4v) is 3.51. The first-order valence-corrected chi connectivity index (χ1v) is 8.77. The highest BCUT2D eigenvalue weighted by Crippen LogP contribution is 2.41. The summed E-state index contributed by atoms with van der Waals surface area (Å²) in [5.41, 5.74) is 3.95. The van der Waals surface area contributed by atoms with Crippen molar-refractivity contribution in [3.05, 3.63) is 39.9 Å². The van der Waals surface area contributed by atoms with Gasteiger partial charge in [-0.2, -0.15) is 5.26 Å². The average Bonchev–Trinajstić information content (AvgIpc) is 2.56. The summed E-state index contributed by atoms with van der Waals surface area (Å²) in [5.74, 6) is -0.419. The zero-order valence-corrected chi connectivity index (χ0v) is 16.2. The van der Waals surface area contributed by atoms with E-state index in [0.717, 1.165) is 29.8 Å². The number of halogens is 1. The third-order valence-electron chi connectivity index (χ3n) is 4.44. The first-order valence-electron chi connectivity index (χ1n) is 8.40. The van der Waals surface area contributed by atoms with Gasteiger partial charge in [-0.05, 0) is 56.5 Å². The Bertz CT molecular complexity index is 800. The van der Waals surface area contributed by atoms with Gasteiger partial charge in [0, 0.05) is 29.9 Å². The Kier molecular flexibility index (Phi) is 5.59. The van der Waals surface area contributed by atoms with Crippen LogP contribution in [0.25, 0.3) is 11.6 Å². The highest BCUT2D eigenvalue weighted by atomic mass is 35.5. The Labute approximate surface area is 154 Å². The van der Waals surface area contributed by atoms with Gasteiger partial charge in [-0.3, -0.25) is 4.79 Å². The molecular formula is C20H24ClN3O. The zero-order chi connectivity index (χ0) is 18.8. The van der Waals surface area contributed by atoms with Crippen molar-refractivity contribution in [2.45, 2.75) is 39.7 Å². The molecule has 0 fully saturated rings. The zero-order valence-electron chi connectivity index (χ0n) is 15.4. The van der Waals surface area contributed by atoms with Crippen LogP contribution in [-0.2, 0) is 4.79 Å². The maximum atomic E-state index is 11.8. The van der Waals surface area contributed by atoms with E-state index in [0.29, 0.717) is 10.6 Å². The summed E-state index contributed by atoms with van der Waals surface area (Å²) in [6.45, 7) is 9.54. The number of nitrogens with zero attached hydrogens (tertiary/aromatic N) is 2. The molecule has 1 aromatic rings. The summed E-state index contributed by atoms with van der Waals surface area (Å²) in [4.78, 5) is 14.1. The predicted octanol–water partition coefficient (Wildman–Crippen LogP) is 4.40. The van der Waals surface area contributed by atoms with Crippen LogP contribution in [0.3, 0.4) is 0 Å². The molecule has 1 amide bonds. The van der Waals surface area contributed by atoms with E-state index in [-0.39, 0.29) is 11.1 Å². The van der Waals surface area contributed by atoms with Gasteiger partial charge in [-0.1, -0.05) is 24.6 Å². The normalized spacial score (nSPS) is 16.0. The summed E-state index contributed by atoms with van der Waals surface area (Å²) in [6.07, 6.45) is 4.82. The smallest absolute Gasteiger partial charge is 0.261 e. The van der Waals surface area contributed by atoms with Crippen molar-refractivity contribution in [3.8, 4) is 6.07 Å². The van der Waals surface area contributed by atoms with E-state index in [2.05, 4.69) is 44.0 Å². The molecule has 1 heterocycles. The van der Waals surface area contributed by atoms with Gasteiger partial charge < -0.3 is 10.2 Å². The Morgan fingerprint density at radius 2 is 2.12 bits per heavy atom. The molecule has 1 aliphatic rings. The molecule has 25 heavy (non-hydrogen) atoms. The predicted molar refractivity (Wildman–Crippen MR) is 104 cm³/mol. The van der Waals surface area contributed by atoms with Crippen LogP contribution < -0.4 is 10.2 Å². The van der Waals surface area contributed by atoms with Crippen molar-refractivity contribution < 1.29 is 4.79 Å². The van der Waals surface area contributed by atoms with Crippen molar-refractivity contribution in [3.63, 3.8) is 0 Å². The molecule has 2 rings (SSSR count). The number of hydrogen-bond donors (Lipinski definition) is 1. The molecule has 0 bridgehead atoms. The van der Waals surface area contributed by atoms with E-state index in [1.54, 1.807) is 6.08 Å². The van der Waals surface area contributed by atoms with Gasteiger partial charge in [0.1, 0.15) is 11.6 Å². The second-order valence-electron chi connectivity index (χ2n) is 6.77. The number of allylic oxidation sites excluding steroid dienone is 1. The van der Waals surface area contributed by atoms with Gasteiger partial charge >= 0.3 is 0 Å². The summed E-state index contributed by atoms with van der Waals surface area (Å²) in [5, 5.41) is 12.2. The van der Waals surface area contributed by atoms with Crippen molar-refractivity contribution in [2.75, 3.05) is 18.5 Å². The lowest BCUT2D eigenvalue weighted by Gasteiger charge is -2.43. The van der Waals surface area contributed by atoms with Crippen LogP contribution in [0.1, 0.15) is 45.2 Å². The summed E-state index contributed by atoms with van der Waals surface area (Å²) in [7, 11) is 1.50. The second-order valence-corrected chi connectivity index (χ2v) is 7.18. The number of rotatable bonds is 4. The molecule has 5 heteroatoms. The van der Waals surface area contributed by atoms with E-state index in [9.17, 15) is 10.1 Å². The summed E-state index contributed by atoms with van der Waals surface area (Å²) >= 11 is 6.48. The number of amides is 1. The fraction of sp³-hybridized carbons (Fsp3) is 0.400. The van der Waals surface area contributed by atoms with E-state index >= 15 is 0 Å². The van der Waals surface area contributed by atoms with Crippen LogP contribution >= 0.6 is 11.6 Å². The highest BCUT2D eigenvalue weighted by Gasteiger charge is 2.31. The number of carbonyl (C=O) groups is 1. The molecule has 0 atom stereocenters. The van der Waals surface area contributed by atoms with Gasteiger partial charge in [-0.15, -0.1) is 0 Å². The molecule has 4 nitrogen and oxygen atoms in total. The third-order valence-corrected chi connectivity index (χ3v) is 4.76. The molecule has 0 aliphatic carbocycles. The maximum absolute atomic E-state index is 11.8. The van der Waals surface area contributed by atoms with Gasteiger partial charge in [0.2, 0.25) is 0 Å². The number of likely N-dealkylation sites (N-methyl/N-ethyl adjacent to an activating group) is 1. The number of carbonyl (C=O) groups excluding carboxylic acids is 1. The van der Waals surface area contributed by atoms with Crippen LogP contribution in [0.15, 0.2) is 23.8 Å². The second kappa shape index (κ2) is 7.33. The van der Waals surface area contributed by atoms with Crippen molar-refractivity contribution >= 4 is 34.8 Å². The lowest BCUT2D eigenvalue weighted by Crippen LogP contribution is -2.45. The van der Waals surface area contributed by atoms with Crippen LogP contribution in [0.4, 0.5) is 5.69 Å². The summed E-state index contributed by atoms with van der Waals surface area (Å²) < 4.78 is 0. The Morgan fingerprint density at radius 3 is 2.68 bits per heavy atom. The molecule has 0 saturated heterocycles. The molecule has 0 spiro atoms. The average molecular weight is 358 g/mol. The van der Waals surface area contributed by atoms with Crippen molar-refractivity contribution in [2.24, 2.45) is 0 Å². The monoisotopic (exact) mass is 357 g/mol. The van der Waals surface area contributed by atoms with E-state index in [1.165, 1.54) is 7.05 Å². The minimum atomic E-state index is -0.419. The number of nitriles is 1. The molecule has 1 N–H and O–H groups in total. The number of anilines is 1. The highest BCUT2D eigenvalue weighted by molar-refractivity contribution is 6.32. The van der Waals surface area contributed by atoms with Gasteiger partial charge in [0.05, 0.1) is 5.54 Å². The first kappa shape index (κ1) is 19.1. The third kappa shape index (κ3) is 3.72. The van der Waals surface area contributed by atoms with Crippen LogP contribution in [0, 0.1) is 11.3 Å². The Balaban J connectivity index is 2.62. The van der Waals surface area contributed by atoms with Crippen molar-refractivity contribution in [1.29, 1.82) is 5.26 Å². The topological polar surface area (TPSA) is 56.1 Å². The van der Waals surface area contributed by atoms with Gasteiger partial charge in [0.25, 0.3) is 5.91 Å². The minimum Gasteiger partial charge on any atom is -0.362 e. The van der Waals surface area contributed by atoms with Crippen LogP contribution in [-0.4, -0.2) is 25.0 Å². The largest absolute Gasteiger partial charge is 0.362 e. The molecular weight excluding hydrogens is 334 g/mol. The number of benzene rings is 1. The number of nitrogens with one attached hydrogen (secondary N) is 1. The van der Waals surface area contributed by atoms with Gasteiger partial charge in [-0.25, -0.2) is 0 Å². The molecule has 0 saturated carbocycles. The SMILES string of the molecule is CCCN1c2cc(Cl)c(/C=C(\C#N)C(=O)NC)cc2C(C)=CC1(C)C. The van der Waals surface area contributed by atoms with Crippen LogP contribution in [0.5, 0.6) is 0 Å². The molecule has 0 aromatic heterocycles. The van der Waals surface area contributed by atoms with Gasteiger partial charge in [0.15, 0.2) is 0 Å². The number of fused-ring (bicyclic) bond motifs is 1. The van der Waals surface area contributed by atoms with E-state index in [1.807, 2.05) is 18.2 Å². The fourth-order valence-electron chi connectivity index (χ4n) is 3.30. The standard InChI is InChI=1S/C20H24ClN3O/c1-6-7-24-18-10-17(21)14(8-15(12-22)19(25)23-5)9-16(18)13(2)11-20(24,3)4/h8-11H,6-7H2,1-5H3,(H,23,25)/b15-8+. The molecule has 1 aliphatic heterocycles. The molecule has 0 radical (unpaired) electrons.